The molecule has 4 N–H and O–H groups in total. The Balaban J connectivity index is 2.49. The first-order chi connectivity index (χ1) is 4.61. The predicted octanol–water partition coefficient (Wildman–Crippen LogP) is -0.0823. The lowest BCUT2D eigenvalue weighted by Crippen LogP contribution is -2.54. The number of hydrogen-bond donors (Lipinski definition) is 2. The quantitative estimate of drug-likeness (QED) is 0.498. The molecule has 1 heterocycles. The maximum Gasteiger partial charge on any atom is 0.0585 e. The molecule has 0 aromatic heterocycles. The van der Waals surface area contributed by atoms with Crippen LogP contribution in [-0.2, 0) is 0 Å². The summed E-state index contributed by atoms with van der Waals surface area (Å²) in [6.07, 6.45) is 2.48. The summed E-state index contributed by atoms with van der Waals surface area (Å²) < 4.78 is 0. The van der Waals surface area contributed by atoms with Gasteiger partial charge in [0.25, 0.3) is 0 Å². The average molecular weight is 143 g/mol. The lowest BCUT2D eigenvalue weighted by atomic mass is 9.95. The smallest absolute Gasteiger partial charge is 0.0585 e. The zero-order valence-electron chi connectivity index (χ0n) is 6.75. The summed E-state index contributed by atoms with van der Waals surface area (Å²) in [7, 11) is 1.99. The number of piperidine rings is 1. The molecule has 0 aliphatic carbocycles. The van der Waals surface area contributed by atoms with Crippen molar-refractivity contribution < 1.29 is 0 Å². The summed E-state index contributed by atoms with van der Waals surface area (Å²) >= 11 is 0. The SMILES string of the molecule is CC1CC(N)N(C)C(N)C1. The van der Waals surface area contributed by atoms with Gasteiger partial charge in [0.1, 0.15) is 0 Å². The molecule has 1 fully saturated rings. The van der Waals surface area contributed by atoms with Gasteiger partial charge in [-0.2, -0.15) is 0 Å². The Morgan fingerprint density at radius 3 is 2.00 bits per heavy atom. The van der Waals surface area contributed by atoms with Crippen molar-refractivity contribution >= 4 is 0 Å². The molecular formula is C7H17N3. The third-order valence-electron chi connectivity index (χ3n) is 2.33. The highest BCUT2D eigenvalue weighted by molar-refractivity contribution is 4.78. The third kappa shape index (κ3) is 1.48. The van der Waals surface area contributed by atoms with E-state index in [1.807, 2.05) is 11.9 Å². The molecule has 0 aromatic carbocycles. The molecular weight excluding hydrogens is 126 g/mol. The van der Waals surface area contributed by atoms with Crippen molar-refractivity contribution in [2.45, 2.75) is 32.1 Å². The van der Waals surface area contributed by atoms with E-state index in [4.69, 9.17) is 11.5 Å². The number of hydrogen-bond acceptors (Lipinski definition) is 3. The second kappa shape index (κ2) is 2.86. The van der Waals surface area contributed by atoms with E-state index in [9.17, 15) is 0 Å². The Morgan fingerprint density at radius 2 is 1.60 bits per heavy atom. The predicted molar refractivity (Wildman–Crippen MR) is 42.1 cm³/mol. The second-order valence-electron chi connectivity index (χ2n) is 3.38. The Hall–Kier alpha value is -0.120. The largest absolute Gasteiger partial charge is 0.316 e. The molecule has 10 heavy (non-hydrogen) atoms. The maximum absolute atomic E-state index is 5.81. The van der Waals surface area contributed by atoms with Crippen LogP contribution >= 0.6 is 0 Å². The zero-order chi connectivity index (χ0) is 7.72. The standard InChI is InChI=1S/C7H17N3/c1-5-3-6(8)10(2)7(9)4-5/h5-7H,3-4,8-9H2,1-2H3. The molecule has 0 spiro atoms. The van der Waals surface area contributed by atoms with E-state index in [1.54, 1.807) is 0 Å². The fourth-order valence-corrected chi connectivity index (χ4v) is 1.50. The van der Waals surface area contributed by atoms with E-state index in [0.29, 0.717) is 5.92 Å². The van der Waals surface area contributed by atoms with Gasteiger partial charge in [-0.3, -0.25) is 4.90 Å². The third-order valence-corrected chi connectivity index (χ3v) is 2.33. The number of nitrogens with two attached hydrogens (primary N) is 2. The van der Waals surface area contributed by atoms with Gasteiger partial charge in [0, 0.05) is 0 Å². The maximum atomic E-state index is 5.81. The van der Waals surface area contributed by atoms with Crippen LogP contribution < -0.4 is 11.5 Å². The summed E-state index contributed by atoms with van der Waals surface area (Å²) in [4.78, 5) is 2.04. The number of likely N-dealkylation sites (tertiary alicyclic amines) is 1. The fraction of sp³-hybridized carbons (Fsp3) is 1.00. The van der Waals surface area contributed by atoms with Crippen LogP contribution in [-0.4, -0.2) is 24.3 Å². The van der Waals surface area contributed by atoms with E-state index in [-0.39, 0.29) is 12.3 Å². The molecule has 2 unspecified atom stereocenters. The van der Waals surface area contributed by atoms with Crippen LogP contribution in [0, 0.1) is 5.92 Å². The molecule has 3 nitrogen and oxygen atoms in total. The minimum atomic E-state index is 0.166. The first-order valence-electron chi connectivity index (χ1n) is 3.84. The van der Waals surface area contributed by atoms with Gasteiger partial charge in [-0.25, -0.2) is 0 Å². The molecule has 1 rings (SSSR count). The van der Waals surface area contributed by atoms with Gasteiger partial charge in [-0.1, -0.05) is 6.92 Å². The van der Waals surface area contributed by atoms with Crippen LogP contribution in [0.2, 0.25) is 0 Å². The van der Waals surface area contributed by atoms with Crippen LogP contribution in [0.4, 0.5) is 0 Å². The fourth-order valence-electron chi connectivity index (χ4n) is 1.50. The minimum absolute atomic E-state index is 0.166. The Kier molecular flexibility index (Phi) is 2.28. The van der Waals surface area contributed by atoms with E-state index >= 15 is 0 Å². The first-order valence-corrected chi connectivity index (χ1v) is 3.84. The number of rotatable bonds is 0. The normalized spacial score (nSPS) is 43.8. The molecule has 3 heteroatoms. The highest BCUT2D eigenvalue weighted by Gasteiger charge is 2.25. The van der Waals surface area contributed by atoms with Crippen LogP contribution in [0.5, 0.6) is 0 Å². The second-order valence-corrected chi connectivity index (χ2v) is 3.38. The molecule has 2 atom stereocenters. The summed E-state index contributed by atoms with van der Waals surface area (Å²) in [5, 5.41) is 0. The lowest BCUT2D eigenvalue weighted by molar-refractivity contribution is 0.0907. The summed E-state index contributed by atoms with van der Waals surface area (Å²) in [5.74, 6) is 0.682. The van der Waals surface area contributed by atoms with Gasteiger partial charge in [0.2, 0.25) is 0 Å². The highest BCUT2D eigenvalue weighted by atomic mass is 15.3. The molecule has 60 valence electrons. The van der Waals surface area contributed by atoms with Crippen molar-refractivity contribution in [2.24, 2.45) is 17.4 Å². The Morgan fingerprint density at radius 1 is 1.20 bits per heavy atom. The monoisotopic (exact) mass is 143 g/mol. The molecule has 1 saturated heterocycles. The minimum Gasteiger partial charge on any atom is -0.316 e. The summed E-state index contributed by atoms with van der Waals surface area (Å²) in [6.45, 7) is 2.20. The lowest BCUT2D eigenvalue weighted by Gasteiger charge is -2.38. The molecule has 1 aliphatic heterocycles. The Labute approximate surface area is 62.4 Å². The van der Waals surface area contributed by atoms with Gasteiger partial charge in [0.15, 0.2) is 0 Å². The van der Waals surface area contributed by atoms with Crippen LogP contribution in [0.3, 0.4) is 0 Å². The average Bonchev–Trinajstić information content (AvgIpc) is 1.82. The molecule has 0 radical (unpaired) electrons. The van der Waals surface area contributed by atoms with Crippen molar-refractivity contribution in [3.05, 3.63) is 0 Å². The van der Waals surface area contributed by atoms with E-state index in [1.165, 1.54) is 0 Å². The summed E-state index contributed by atoms with van der Waals surface area (Å²) in [5.41, 5.74) is 11.6. The molecule has 1 aliphatic rings. The first kappa shape index (κ1) is 7.98. The van der Waals surface area contributed by atoms with Crippen molar-refractivity contribution in [2.75, 3.05) is 7.05 Å². The van der Waals surface area contributed by atoms with Crippen molar-refractivity contribution in [1.29, 1.82) is 0 Å². The van der Waals surface area contributed by atoms with E-state index < -0.39 is 0 Å². The van der Waals surface area contributed by atoms with Crippen molar-refractivity contribution in [3.8, 4) is 0 Å². The van der Waals surface area contributed by atoms with Crippen LogP contribution in [0.15, 0.2) is 0 Å². The van der Waals surface area contributed by atoms with Gasteiger partial charge in [-0.15, -0.1) is 0 Å². The van der Waals surface area contributed by atoms with Crippen molar-refractivity contribution in [1.82, 2.24) is 4.90 Å². The molecule has 0 aromatic rings. The van der Waals surface area contributed by atoms with E-state index in [2.05, 4.69) is 6.92 Å². The van der Waals surface area contributed by atoms with Crippen LogP contribution in [0.25, 0.3) is 0 Å². The molecule has 0 amide bonds. The zero-order valence-corrected chi connectivity index (χ0v) is 6.75. The number of nitrogens with zero attached hydrogens (tertiary/aromatic N) is 1. The van der Waals surface area contributed by atoms with Crippen molar-refractivity contribution in [3.63, 3.8) is 0 Å². The molecule has 0 bridgehead atoms. The van der Waals surface area contributed by atoms with Gasteiger partial charge in [-0.05, 0) is 25.8 Å². The van der Waals surface area contributed by atoms with Crippen LogP contribution in [0.1, 0.15) is 19.8 Å². The van der Waals surface area contributed by atoms with Gasteiger partial charge < -0.3 is 11.5 Å². The Bertz CT molecular complexity index is 103. The molecule has 0 saturated carbocycles. The topological polar surface area (TPSA) is 55.3 Å². The summed E-state index contributed by atoms with van der Waals surface area (Å²) in [6, 6.07) is 0. The van der Waals surface area contributed by atoms with Gasteiger partial charge >= 0.3 is 0 Å². The highest BCUT2D eigenvalue weighted by Crippen LogP contribution is 2.20. The van der Waals surface area contributed by atoms with Gasteiger partial charge in [0.05, 0.1) is 12.3 Å². The van der Waals surface area contributed by atoms with E-state index in [0.717, 1.165) is 12.8 Å².